The molecule has 0 spiro atoms. The summed E-state index contributed by atoms with van der Waals surface area (Å²) >= 11 is 3.64. The van der Waals surface area contributed by atoms with E-state index in [-0.39, 0.29) is 0 Å². The van der Waals surface area contributed by atoms with E-state index in [2.05, 4.69) is 34.9 Å². The van der Waals surface area contributed by atoms with Crippen molar-refractivity contribution in [1.29, 1.82) is 0 Å². The molecule has 1 fully saturated rings. The molecule has 0 N–H and O–H groups in total. The van der Waals surface area contributed by atoms with Gasteiger partial charge in [-0.05, 0) is 48.5 Å². The van der Waals surface area contributed by atoms with Gasteiger partial charge in [-0.25, -0.2) is 0 Å². The smallest absolute Gasteiger partial charge is 0.0900 e. The minimum absolute atomic E-state index is 0.436. The van der Waals surface area contributed by atoms with Gasteiger partial charge in [0.15, 0.2) is 0 Å². The van der Waals surface area contributed by atoms with Crippen molar-refractivity contribution in [3.8, 4) is 0 Å². The van der Waals surface area contributed by atoms with Crippen LogP contribution in [0.2, 0.25) is 0 Å². The van der Waals surface area contributed by atoms with Crippen LogP contribution in [0.3, 0.4) is 0 Å². The first-order valence-corrected chi connectivity index (χ1v) is 8.30. The molecule has 1 aromatic heterocycles. The fourth-order valence-electron chi connectivity index (χ4n) is 3.05. The molecule has 2 unspecified atom stereocenters. The summed E-state index contributed by atoms with van der Waals surface area (Å²) in [5, 5.41) is 4.52. The van der Waals surface area contributed by atoms with E-state index in [0.717, 1.165) is 22.6 Å². The Bertz CT molecular complexity index is 417. The van der Waals surface area contributed by atoms with Crippen molar-refractivity contribution in [2.24, 2.45) is 5.92 Å². The number of ether oxygens (including phenoxy) is 1. The van der Waals surface area contributed by atoms with Crippen LogP contribution in [0.1, 0.15) is 57.3 Å². The Labute approximate surface area is 124 Å². The van der Waals surface area contributed by atoms with Crippen LogP contribution in [0.5, 0.6) is 0 Å². The molecular weight excluding hydrogens is 304 g/mol. The number of halogens is 1. The summed E-state index contributed by atoms with van der Waals surface area (Å²) in [6.07, 6.45) is 6.90. The minimum Gasteiger partial charge on any atom is -0.372 e. The van der Waals surface area contributed by atoms with Crippen LogP contribution in [0.4, 0.5) is 0 Å². The average Bonchev–Trinajstić information content (AvgIpc) is 2.72. The zero-order valence-electron chi connectivity index (χ0n) is 12.3. The molecule has 0 bridgehead atoms. The molecule has 1 saturated carbocycles. The van der Waals surface area contributed by atoms with Crippen molar-refractivity contribution in [3.63, 3.8) is 0 Å². The maximum Gasteiger partial charge on any atom is 0.0900 e. The number of nitrogens with zero attached hydrogens (tertiary/aromatic N) is 2. The van der Waals surface area contributed by atoms with Gasteiger partial charge in [-0.1, -0.05) is 26.2 Å². The highest BCUT2D eigenvalue weighted by molar-refractivity contribution is 9.10. The lowest BCUT2D eigenvalue weighted by Crippen LogP contribution is -2.27. The summed E-state index contributed by atoms with van der Waals surface area (Å²) in [5.41, 5.74) is 2.23. The van der Waals surface area contributed by atoms with E-state index < -0.39 is 0 Å². The zero-order chi connectivity index (χ0) is 13.8. The lowest BCUT2D eigenvalue weighted by molar-refractivity contribution is -0.0249. The van der Waals surface area contributed by atoms with Crippen molar-refractivity contribution in [2.75, 3.05) is 0 Å². The molecule has 2 rings (SSSR count). The summed E-state index contributed by atoms with van der Waals surface area (Å²) in [7, 11) is 0. The second-order valence-electron chi connectivity index (χ2n) is 5.46. The SMILES string of the molecule is CCC1CCCCC1OCc1c(Br)c(C)nn1CC. The van der Waals surface area contributed by atoms with Crippen LogP contribution in [0.25, 0.3) is 0 Å². The predicted molar refractivity (Wildman–Crippen MR) is 81.2 cm³/mol. The third-order valence-electron chi connectivity index (χ3n) is 4.25. The summed E-state index contributed by atoms with van der Waals surface area (Å²) < 4.78 is 9.37. The molecule has 2 atom stereocenters. The van der Waals surface area contributed by atoms with E-state index in [1.807, 2.05) is 11.6 Å². The molecule has 108 valence electrons. The number of hydrogen-bond acceptors (Lipinski definition) is 2. The maximum atomic E-state index is 6.22. The zero-order valence-corrected chi connectivity index (χ0v) is 13.9. The lowest BCUT2D eigenvalue weighted by atomic mass is 9.85. The Balaban J connectivity index is 2.01. The number of aryl methyl sites for hydroxylation is 2. The number of hydrogen-bond donors (Lipinski definition) is 0. The minimum atomic E-state index is 0.436. The highest BCUT2D eigenvalue weighted by atomic mass is 79.9. The van der Waals surface area contributed by atoms with Crippen LogP contribution < -0.4 is 0 Å². The Kier molecular flexibility index (Phi) is 5.46. The molecular formula is C15H25BrN2O. The second kappa shape index (κ2) is 6.89. The Hall–Kier alpha value is -0.350. The summed E-state index contributed by atoms with van der Waals surface area (Å²) in [5.74, 6) is 0.742. The Morgan fingerprint density at radius 2 is 2.05 bits per heavy atom. The quantitative estimate of drug-likeness (QED) is 0.797. The van der Waals surface area contributed by atoms with E-state index in [1.165, 1.54) is 37.8 Å². The Morgan fingerprint density at radius 1 is 1.32 bits per heavy atom. The van der Waals surface area contributed by atoms with Gasteiger partial charge in [-0.2, -0.15) is 5.10 Å². The van der Waals surface area contributed by atoms with Crippen molar-refractivity contribution >= 4 is 15.9 Å². The topological polar surface area (TPSA) is 27.1 Å². The molecule has 0 aromatic carbocycles. The van der Waals surface area contributed by atoms with E-state index in [4.69, 9.17) is 4.74 Å². The van der Waals surface area contributed by atoms with E-state index in [9.17, 15) is 0 Å². The fourth-order valence-corrected chi connectivity index (χ4v) is 3.45. The molecule has 1 aliphatic carbocycles. The van der Waals surface area contributed by atoms with Gasteiger partial charge in [0.1, 0.15) is 0 Å². The first-order valence-electron chi connectivity index (χ1n) is 7.50. The standard InChI is InChI=1S/C15H25BrN2O/c1-4-12-8-6-7-9-14(12)19-10-13-15(16)11(3)17-18(13)5-2/h12,14H,4-10H2,1-3H3. The number of aromatic nitrogens is 2. The van der Waals surface area contributed by atoms with Gasteiger partial charge in [0.2, 0.25) is 0 Å². The van der Waals surface area contributed by atoms with Gasteiger partial charge < -0.3 is 4.74 Å². The normalized spacial score (nSPS) is 23.8. The third kappa shape index (κ3) is 3.40. The van der Waals surface area contributed by atoms with Crippen molar-refractivity contribution < 1.29 is 4.74 Å². The average molecular weight is 329 g/mol. The first-order chi connectivity index (χ1) is 9.17. The number of rotatable bonds is 5. The van der Waals surface area contributed by atoms with Crippen molar-refractivity contribution in [3.05, 3.63) is 15.9 Å². The molecule has 1 aliphatic rings. The molecule has 0 radical (unpaired) electrons. The lowest BCUT2D eigenvalue weighted by Gasteiger charge is -2.30. The van der Waals surface area contributed by atoms with Gasteiger partial charge in [0.25, 0.3) is 0 Å². The maximum absolute atomic E-state index is 6.22. The van der Waals surface area contributed by atoms with Gasteiger partial charge in [0, 0.05) is 6.54 Å². The van der Waals surface area contributed by atoms with Crippen molar-refractivity contribution in [1.82, 2.24) is 9.78 Å². The molecule has 0 amide bonds. The molecule has 0 aliphatic heterocycles. The van der Waals surface area contributed by atoms with Gasteiger partial charge in [-0.3, -0.25) is 4.68 Å². The van der Waals surface area contributed by atoms with E-state index >= 15 is 0 Å². The highest BCUT2D eigenvalue weighted by Gasteiger charge is 2.25. The predicted octanol–water partition coefficient (Wildman–Crippen LogP) is 4.46. The van der Waals surface area contributed by atoms with Crippen molar-refractivity contribution in [2.45, 2.75) is 72.1 Å². The molecule has 1 heterocycles. The van der Waals surface area contributed by atoms with Crippen LogP contribution in [-0.2, 0) is 17.9 Å². The van der Waals surface area contributed by atoms with Gasteiger partial charge >= 0.3 is 0 Å². The second-order valence-corrected chi connectivity index (χ2v) is 6.26. The van der Waals surface area contributed by atoms with Crippen LogP contribution in [-0.4, -0.2) is 15.9 Å². The molecule has 3 nitrogen and oxygen atoms in total. The van der Waals surface area contributed by atoms with E-state index in [0.29, 0.717) is 12.7 Å². The first kappa shape index (κ1) is 15.0. The van der Waals surface area contributed by atoms with Crippen LogP contribution >= 0.6 is 15.9 Å². The molecule has 0 saturated heterocycles. The Morgan fingerprint density at radius 3 is 2.74 bits per heavy atom. The monoisotopic (exact) mass is 328 g/mol. The fraction of sp³-hybridized carbons (Fsp3) is 0.800. The van der Waals surface area contributed by atoms with Crippen LogP contribution in [0, 0.1) is 12.8 Å². The summed E-state index contributed by atoms with van der Waals surface area (Å²) in [6.45, 7) is 8.01. The summed E-state index contributed by atoms with van der Waals surface area (Å²) in [6, 6.07) is 0. The molecule has 19 heavy (non-hydrogen) atoms. The molecule has 1 aromatic rings. The highest BCUT2D eigenvalue weighted by Crippen LogP contribution is 2.30. The van der Waals surface area contributed by atoms with Gasteiger partial charge in [-0.15, -0.1) is 0 Å². The summed E-state index contributed by atoms with van der Waals surface area (Å²) in [4.78, 5) is 0. The van der Waals surface area contributed by atoms with Crippen LogP contribution in [0.15, 0.2) is 4.47 Å². The third-order valence-corrected chi connectivity index (χ3v) is 5.28. The van der Waals surface area contributed by atoms with Gasteiger partial charge in [0.05, 0.1) is 28.6 Å². The largest absolute Gasteiger partial charge is 0.372 e. The molecule has 4 heteroatoms. The van der Waals surface area contributed by atoms with E-state index in [1.54, 1.807) is 0 Å².